The standard InChI is InChI=1S/C29H23ClN2OS/c30-24-16-18-26(19-17-24)33-20-21-34-29-31-27(22-10-4-1-5-11-22)28(23-12-6-2-7-13-23)32(29)25-14-8-3-9-15-25/h1-19H,20-21H2. The predicted molar refractivity (Wildman–Crippen MR) is 142 cm³/mol. The Kier molecular flexibility index (Phi) is 6.99. The summed E-state index contributed by atoms with van der Waals surface area (Å²) in [5, 5.41) is 1.64. The number of nitrogens with zero attached hydrogens (tertiary/aromatic N) is 2. The summed E-state index contributed by atoms with van der Waals surface area (Å²) in [5.74, 6) is 1.57. The number of hydrogen-bond donors (Lipinski definition) is 0. The van der Waals surface area contributed by atoms with E-state index in [1.54, 1.807) is 11.8 Å². The Labute approximate surface area is 209 Å². The van der Waals surface area contributed by atoms with Crippen molar-refractivity contribution in [3.05, 3.63) is 120 Å². The number of para-hydroxylation sites is 1. The Morgan fingerprint density at radius 2 is 1.29 bits per heavy atom. The van der Waals surface area contributed by atoms with Crippen molar-refractivity contribution in [2.75, 3.05) is 12.4 Å². The lowest BCUT2D eigenvalue weighted by Crippen LogP contribution is -2.03. The van der Waals surface area contributed by atoms with Crippen molar-refractivity contribution in [3.63, 3.8) is 0 Å². The molecule has 168 valence electrons. The van der Waals surface area contributed by atoms with E-state index in [0.717, 1.165) is 44.9 Å². The molecule has 0 amide bonds. The molecule has 0 bridgehead atoms. The van der Waals surface area contributed by atoms with Gasteiger partial charge in [0.1, 0.15) is 5.75 Å². The fourth-order valence-electron chi connectivity index (χ4n) is 3.80. The van der Waals surface area contributed by atoms with E-state index in [1.807, 2.05) is 42.5 Å². The lowest BCUT2D eigenvalue weighted by Gasteiger charge is -2.13. The summed E-state index contributed by atoms with van der Waals surface area (Å²) < 4.78 is 8.17. The minimum absolute atomic E-state index is 0.565. The lowest BCUT2D eigenvalue weighted by atomic mass is 10.0. The van der Waals surface area contributed by atoms with Gasteiger partial charge in [-0.1, -0.05) is 102 Å². The van der Waals surface area contributed by atoms with Gasteiger partial charge < -0.3 is 4.74 Å². The molecule has 5 heteroatoms. The van der Waals surface area contributed by atoms with Crippen LogP contribution in [-0.4, -0.2) is 21.9 Å². The molecule has 0 aliphatic carbocycles. The third kappa shape index (κ3) is 5.04. The van der Waals surface area contributed by atoms with E-state index < -0.39 is 0 Å². The molecular weight excluding hydrogens is 460 g/mol. The van der Waals surface area contributed by atoms with Crippen LogP contribution in [0.25, 0.3) is 28.2 Å². The van der Waals surface area contributed by atoms with Gasteiger partial charge in [0.2, 0.25) is 0 Å². The maximum absolute atomic E-state index is 5.98. The second kappa shape index (κ2) is 10.6. The normalized spacial score (nSPS) is 10.9. The SMILES string of the molecule is Clc1ccc(OCCSc2nc(-c3ccccc3)c(-c3ccccc3)n2-c2ccccc2)cc1. The summed E-state index contributed by atoms with van der Waals surface area (Å²) in [6.07, 6.45) is 0. The minimum atomic E-state index is 0.565. The van der Waals surface area contributed by atoms with Crippen molar-refractivity contribution >= 4 is 23.4 Å². The highest BCUT2D eigenvalue weighted by atomic mass is 35.5. The average Bonchev–Trinajstić information content (AvgIpc) is 3.29. The second-order valence-corrected chi connectivity index (χ2v) is 9.14. The molecule has 0 saturated heterocycles. The van der Waals surface area contributed by atoms with Crippen LogP contribution in [0.3, 0.4) is 0 Å². The quantitative estimate of drug-likeness (QED) is 0.165. The summed E-state index contributed by atoms with van der Waals surface area (Å²) in [7, 11) is 0. The monoisotopic (exact) mass is 482 g/mol. The zero-order valence-electron chi connectivity index (χ0n) is 18.5. The first-order valence-corrected chi connectivity index (χ1v) is 12.5. The van der Waals surface area contributed by atoms with Gasteiger partial charge in [-0.05, 0) is 36.4 Å². The first-order valence-electron chi connectivity index (χ1n) is 11.1. The van der Waals surface area contributed by atoms with E-state index >= 15 is 0 Å². The van der Waals surface area contributed by atoms with E-state index in [9.17, 15) is 0 Å². The van der Waals surface area contributed by atoms with Crippen LogP contribution in [-0.2, 0) is 0 Å². The fourth-order valence-corrected chi connectivity index (χ4v) is 4.75. The van der Waals surface area contributed by atoms with Crippen LogP contribution in [0.2, 0.25) is 5.02 Å². The lowest BCUT2D eigenvalue weighted by molar-refractivity contribution is 0.344. The largest absolute Gasteiger partial charge is 0.493 e. The van der Waals surface area contributed by atoms with E-state index in [2.05, 4.69) is 77.4 Å². The van der Waals surface area contributed by atoms with Crippen LogP contribution in [0.1, 0.15) is 0 Å². The molecule has 3 nitrogen and oxygen atoms in total. The number of rotatable bonds is 8. The van der Waals surface area contributed by atoms with Gasteiger partial charge in [-0.3, -0.25) is 4.57 Å². The summed E-state index contributed by atoms with van der Waals surface area (Å²) in [6.45, 7) is 0.565. The van der Waals surface area contributed by atoms with Gasteiger partial charge >= 0.3 is 0 Å². The van der Waals surface area contributed by atoms with Gasteiger partial charge in [-0.2, -0.15) is 0 Å². The summed E-state index contributed by atoms with van der Waals surface area (Å²) in [5.41, 5.74) is 5.35. The van der Waals surface area contributed by atoms with Crippen LogP contribution in [0.15, 0.2) is 120 Å². The Balaban J connectivity index is 1.52. The van der Waals surface area contributed by atoms with Gasteiger partial charge in [-0.25, -0.2) is 4.98 Å². The van der Waals surface area contributed by atoms with E-state index in [-0.39, 0.29) is 0 Å². The minimum Gasteiger partial charge on any atom is -0.493 e. The zero-order valence-corrected chi connectivity index (χ0v) is 20.0. The third-order valence-corrected chi connectivity index (χ3v) is 6.51. The number of thioether (sulfide) groups is 1. The molecule has 0 aliphatic heterocycles. The molecule has 0 saturated carbocycles. The molecule has 5 aromatic rings. The molecule has 34 heavy (non-hydrogen) atoms. The molecule has 0 aliphatic rings. The van der Waals surface area contributed by atoms with Crippen molar-refractivity contribution in [2.45, 2.75) is 5.16 Å². The second-order valence-electron chi connectivity index (χ2n) is 7.65. The molecule has 4 aromatic carbocycles. The van der Waals surface area contributed by atoms with Crippen molar-refractivity contribution in [1.29, 1.82) is 0 Å². The maximum Gasteiger partial charge on any atom is 0.173 e. The van der Waals surface area contributed by atoms with Gasteiger partial charge in [0, 0.05) is 27.6 Å². The van der Waals surface area contributed by atoms with E-state index in [1.165, 1.54) is 0 Å². The molecule has 0 N–H and O–H groups in total. The number of halogens is 1. The van der Waals surface area contributed by atoms with Crippen molar-refractivity contribution < 1.29 is 4.74 Å². The summed E-state index contributed by atoms with van der Waals surface area (Å²) in [6, 6.07) is 38.7. The predicted octanol–water partition coefficient (Wildman–Crippen LogP) is 8.03. The number of hydrogen-bond acceptors (Lipinski definition) is 3. The average molecular weight is 483 g/mol. The third-order valence-electron chi connectivity index (χ3n) is 5.35. The van der Waals surface area contributed by atoms with E-state index in [0.29, 0.717) is 11.6 Å². The van der Waals surface area contributed by atoms with Crippen LogP contribution in [0.5, 0.6) is 5.75 Å². The Morgan fingerprint density at radius 1 is 0.706 bits per heavy atom. The van der Waals surface area contributed by atoms with Crippen LogP contribution >= 0.6 is 23.4 Å². The van der Waals surface area contributed by atoms with Crippen LogP contribution < -0.4 is 4.74 Å². The summed E-state index contributed by atoms with van der Waals surface area (Å²) in [4.78, 5) is 5.14. The number of imidazole rings is 1. The fraction of sp³-hybridized carbons (Fsp3) is 0.0690. The highest BCUT2D eigenvalue weighted by Gasteiger charge is 2.21. The van der Waals surface area contributed by atoms with Gasteiger partial charge in [0.05, 0.1) is 18.0 Å². The molecule has 0 unspecified atom stereocenters. The van der Waals surface area contributed by atoms with E-state index in [4.69, 9.17) is 21.3 Å². The molecule has 0 radical (unpaired) electrons. The Morgan fingerprint density at radius 3 is 1.94 bits per heavy atom. The Hall–Kier alpha value is -3.47. The number of ether oxygens (including phenoxy) is 1. The number of benzene rings is 4. The maximum atomic E-state index is 5.98. The van der Waals surface area contributed by atoms with Crippen LogP contribution in [0, 0.1) is 0 Å². The first kappa shape index (κ1) is 22.3. The van der Waals surface area contributed by atoms with Crippen LogP contribution in [0.4, 0.5) is 0 Å². The molecular formula is C29H23ClN2OS. The molecule has 5 rings (SSSR count). The Bertz CT molecular complexity index is 1340. The molecule has 1 aromatic heterocycles. The van der Waals surface area contributed by atoms with Gasteiger partial charge in [0.15, 0.2) is 5.16 Å². The zero-order chi connectivity index (χ0) is 23.2. The highest BCUT2D eigenvalue weighted by Crippen LogP contribution is 2.38. The highest BCUT2D eigenvalue weighted by molar-refractivity contribution is 7.99. The first-order chi connectivity index (χ1) is 16.8. The molecule has 0 atom stereocenters. The smallest absolute Gasteiger partial charge is 0.173 e. The van der Waals surface area contributed by atoms with Gasteiger partial charge in [-0.15, -0.1) is 0 Å². The molecule has 0 fully saturated rings. The molecule has 1 heterocycles. The van der Waals surface area contributed by atoms with Crippen molar-refractivity contribution in [3.8, 4) is 34.0 Å². The van der Waals surface area contributed by atoms with Crippen molar-refractivity contribution in [1.82, 2.24) is 9.55 Å². The number of aromatic nitrogens is 2. The van der Waals surface area contributed by atoms with Gasteiger partial charge in [0.25, 0.3) is 0 Å². The topological polar surface area (TPSA) is 27.1 Å². The molecule has 0 spiro atoms. The summed E-state index contributed by atoms with van der Waals surface area (Å²) >= 11 is 7.67. The van der Waals surface area contributed by atoms with Crippen molar-refractivity contribution in [2.24, 2.45) is 0 Å².